The van der Waals surface area contributed by atoms with Gasteiger partial charge in [0, 0.05) is 19.1 Å². The third kappa shape index (κ3) is 2.46. The van der Waals surface area contributed by atoms with E-state index in [1.807, 2.05) is 0 Å². The lowest BCUT2D eigenvalue weighted by Gasteiger charge is -2.39. The van der Waals surface area contributed by atoms with Crippen LogP contribution in [0.2, 0.25) is 0 Å². The molecule has 2 nitrogen and oxygen atoms in total. The van der Waals surface area contributed by atoms with Gasteiger partial charge in [0.2, 0.25) is 0 Å². The Balaban J connectivity index is 2.45. The van der Waals surface area contributed by atoms with Crippen LogP contribution in [0.15, 0.2) is 0 Å². The van der Waals surface area contributed by atoms with Crippen molar-refractivity contribution in [1.29, 1.82) is 0 Å². The van der Waals surface area contributed by atoms with Crippen molar-refractivity contribution in [1.82, 2.24) is 4.90 Å². The lowest BCUT2D eigenvalue weighted by molar-refractivity contribution is -0.00448. The Kier molecular flexibility index (Phi) is 3.13. The predicted molar refractivity (Wildman–Crippen MR) is 51.3 cm³/mol. The first kappa shape index (κ1) is 10.0. The second kappa shape index (κ2) is 3.75. The van der Waals surface area contributed by atoms with Gasteiger partial charge in [-0.1, -0.05) is 20.8 Å². The van der Waals surface area contributed by atoms with Crippen LogP contribution in [0.1, 0.15) is 27.7 Å². The Morgan fingerprint density at radius 3 is 2.08 bits per heavy atom. The van der Waals surface area contributed by atoms with Gasteiger partial charge in [0.1, 0.15) is 0 Å². The molecule has 1 fully saturated rings. The lowest BCUT2D eigenvalue weighted by Crippen LogP contribution is -2.47. The molecule has 0 spiro atoms. The third-order valence-corrected chi connectivity index (χ3v) is 2.85. The zero-order chi connectivity index (χ0) is 9.19. The van der Waals surface area contributed by atoms with E-state index >= 15 is 0 Å². The summed E-state index contributed by atoms with van der Waals surface area (Å²) in [4.78, 5) is 2.52. The maximum absolute atomic E-state index is 5.32. The number of hydrogen-bond donors (Lipinski definition) is 0. The highest BCUT2D eigenvalue weighted by atomic mass is 16.5. The average molecular weight is 171 g/mol. The van der Waals surface area contributed by atoms with Crippen LogP contribution < -0.4 is 0 Å². The van der Waals surface area contributed by atoms with Gasteiger partial charge in [-0.3, -0.25) is 4.90 Å². The predicted octanol–water partition coefficient (Wildman–Crippen LogP) is 1.75. The van der Waals surface area contributed by atoms with Crippen molar-refractivity contribution in [3.63, 3.8) is 0 Å². The van der Waals surface area contributed by atoms with Crippen LogP contribution in [0.5, 0.6) is 0 Å². The van der Waals surface area contributed by atoms with Crippen molar-refractivity contribution in [2.75, 3.05) is 26.3 Å². The monoisotopic (exact) mass is 171 g/mol. The largest absolute Gasteiger partial charge is 0.379 e. The zero-order valence-corrected chi connectivity index (χ0v) is 8.76. The molecule has 1 heterocycles. The van der Waals surface area contributed by atoms with E-state index in [1.165, 1.54) is 0 Å². The molecule has 1 atom stereocenters. The first-order valence-electron chi connectivity index (χ1n) is 4.83. The van der Waals surface area contributed by atoms with Crippen LogP contribution >= 0.6 is 0 Å². The maximum atomic E-state index is 5.32. The minimum atomic E-state index is 0.386. The highest BCUT2D eigenvalue weighted by Gasteiger charge is 2.26. The van der Waals surface area contributed by atoms with Gasteiger partial charge < -0.3 is 4.74 Å². The molecule has 2 heteroatoms. The number of hydrogen-bond acceptors (Lipinski definition) is 2. The Morgan fingerprint density at radius 2 is 1.67 bits per heavy atom. The SMILES string of the molecule is CC(N1CCOCC1)C(C)(C)C. The molecule has 0 aromatic heterocycles. The van der Waals surface area contributed by atoms with Crippen molar-refractivity contribution < 1.29 is 4.74 Å². The van der Waals surface area contributed by atoms with Crippen molar-refractivity contribution in [2.45, 2.75) is 33.7 Å². The summed E-state index contributed by atoms with van der Waals surface area (Å²) in [5.74, 6) is 0. The molecule has 0 bridgehead atoms. The van der Waals surface area contributed by atoms with E-state index in [1.54, 1.807) is 0 Å². The molecule has 0 aromatic carbocycles. The van der Waals surface area contributed by atoms with Gasteiger partial charge in [-0.15, -0.1) is 0 Å². The van der Waals surface area contributed by atoms with Crippen molar-refractivity contribution >= 4 is 0 Å². The average Bonchev–Trinajstić information content (AvgIpc) is 2.03. The quantitative estimate of drug-likeness (QED) is 0.596. The van der Waals surface area contributed by atoms with Crippen LogP contribution in [-0.4, -0.2) is 37.2 Å². The molecular formula is C10H21NO. The fourth-order valence-corrected chi connectivity index (χ4v) is 1.51. The summed E-state index contributed by atoms with van der Waals surface area (Å²) in [6.45, 7) is 13.2. The molecule has 1 saturated heterocycles. The van der Waals surface area contributed by atoms with E-state index in [-0.39, 0.29) is 0 Å². The Morgan fingerprint density at radius 1 is 1.17 bits per heavy atom. The first-order valence-corrected chi connectivity index (χ1v) is 4.83. The summed E-state index contributed by atoms with van der Waals surface area (Å²) in [6.07, 6.45) is 0. The summed E-state index contributed by atoms with van der Waals surface area (Å²) >= 11 is 0. The minimum absolute atomic E-state index is 0.386. The van der Waals surface area contributed by atoms with E-state index < -0.39 is 0 Å². The molecule has 0 aromatic rings. The topological polar surface area (TPSA) is 12.5 Å². The number of ether oxygens (including phenoxy) is 1. The number of nitrogens with zero attached hydrogens (tertiary/aromatic N) is 1. The molecule has 1 unspecified atom stereocenters. The molecule has 12 heavy (non-hydrogen) atoms. The molecule has 1 aliphatic rings. The highest BCUT2D eigenvalue weighted by molar-refractivity contribution is 4.80. The van der Waals surface area contributed by atoms with Gasteiger partial charge in [0.05, 0.1) is 13.2 Å². The van der Waals surface area contributed by atoms with Crippen LogP contribution in [-0.2, 0) is 4.74 Å². The van der Waals surface area contributed by atoms with Gasteiger partial charge >= 0.3 is 0 Å². The van der Waals surface area contributed by atoms with Gasteiger partial charge in [-0.2, -0.15) is 0 Å². The van der Waals surface area contributed by atoms with Crippen LogP contribution in [0.25, 0.3) is 0 Å². The summed E-state index contributed by atoms with van der Waals surface area (Å²) in [5.41, 5.74) is 0.386. The summed E-state index contributed by atoms with van der Waals surface area (Å²) in [6, 6.07) is 0.654. The molecule has 1 aliphatic heterocycles. The van der Waals surface area contributed by atoms with E-state index in [0.29, 0.717) is 11.5 Å². The van der Waals surface area contributed by atoms with Crippen molar-refractivity contribution in [3.8, 4) is 0 Å². The minimum Gasteiger partial charge on any atom is -0.379 e. The Hall–Kier alpha value is -0.0800. The van der Waals surface area contributed by atoms with Gasteiger partial charge in [0.15, 0.2) is 0 Å². The van der Waals surface area contributed by atoms with Crippen molar-refractivity contribution in [3.05, 3.63) is 0 Å². The standard InChI is InChI=1S/C10H21NO/c1-9(10(2,3)4)11-5-7-12-8-6-11/h9H,5-8H2,1-4H3. The van der Waals surface area contributed by atoms with Gasteiger partial charge in [-0.05, 0) is 12.3 Å². The molecule has 0 N–H and O–H groups in total. The molecule has 72 valence electrons. The van der Waals surface area contributed by atoms with Gasteiger partial charge in [-0.25, -0.2) is 0 Å². The lowest BCUT2D eigenvalue weighted by atomic mass is 9.87. The van der Waals surface area contributed by atoms with Crippen LogP contribution in [0, 0.1) is 5.41 Å². The molecule has 0 saturated carbocycles. The molecular weight excluding hydrogens is 150 g/mol. The molecule has 0 aliphatic carbocycles. The first-order chi connectivity index (χ1) is 5.52. The summed E-state index contributed by atoms with van der Waals surface area (Å²) in [7, 11) is 0. The maximum Gasteiger partial charge on any atom is 0.0594 e. The second-order valence-electron chi connectivity index (χ2n) is 4.69. The number of morpholine rings is 1. The normalized spacial score (nSPS) is 24.0. The summed E-state index contributed by atoms with van der Waals surface area (Å²) in [5, 5.41) is 0. The van der Waals surface area contributed by atoms with Crippen LogP contribution in [0.3, 0.4) is 0 Å². The smallest absolute Gasteiger partial charge is 0.0594 e. The van der Waals surface area contributed by atoms with Crippen molar-refractivity contribution in [2.24, 2.45) is 5.41 Å². The fraction of sp³-hybridized carbons (Fsp3) is 1.00. The van der Waals surface area contributed by atoms with E-state index in [2.05, 4.69) is 32.6 Å². The Bertz CT molecular complexity index is 133. The highest BCUT2D eigenvalue weighted by Crippen LogP contribution is 2.24. The fourth-order valence-electron chi connectivity index (χ4n) is 1.51. The molecule has 0 radical (unpaired) electrons. The zero-order valence-electron chi connectivity index (χ0n) is 8.76. The molecule has 0 amide bonds. The second-order valence-corrected chi connectivity index (χ2v) is 4.69. The van der Waals surface area contributed by atoms with E-state index in [9.17, 15) is 0 Å². The molecule has 1 rings (SSSR count). The van der Waals surface area contributed by atoms with E-state index in [4.69, 9.17) is 4.74 Å². The van der Waals surface area contributed by atoms with Crippen LogP contribution in [0.4, 0.5) is 0 Å². The number of rotatable bonds is 1. The van der Waals surface area contributed by atoms with E-state index in [0.717, 1.165) is 26.3 Å². The third-order valence-electron chi connectivity index (χ3n) is 2.85. The Labute approximate surface area is 75.9 Å². The van der Waals surface area contributed by atoms with Gasteiger partial charge in [0.25, 0.3) is 0 Å². The summed E-state index contributed by atoms with van der Waals surface area (Å²) < 4.78 is 5.32.